The van der Waals surface area contributed by atoms with Gasteiger partial charge >= 0.3 is 0 Å². The number of anilines is 1. The quantitative estimate of drug-likeness (QED) is 0.240. The molecule has 0 atom stereocenters. The largest absolute Gasteiger partial charge is 0.497 e. The number of aromatic nitrogens is 3. The minimum absolute atomic E-state index is 0.187. The Morgan fingerprint density at radius 3 is 2.47 bits per heavy atom. The average Bonchev–Trinajstić information content (AvgIpc) is 3.35. The second-order valence-corrected chi connectivity index (χ2v) is 12.0. The molecule has 2 heterocycles. The summed E-state index contributed by atoms with van der Waals surface area (Å²) in [4.78, 5) is 4.63. The molecule has 2 N–H and O–H groups in total. The van der Waals surface area contributed by atoms with E-state index < -0.39 is 10.0 Å². The molecule has 0 bridgehead atoms. The van der Waals surface area contributed by atoms with E-state index in [1.54, 1.807) is 25.4 Å². The van der Waals surface area contributed by atoms with Gasteiger partial charge in [0.2, 0.25) is 10.0 Å². The highest BCUT2D eigenvalue weighted by molar-refractivity contribution is 7.89. The number of methoxy groups -OCH3 is 1. The number of rotatable bonds is 10. The highest BCUT2D eigenvalue weighted by atomic mass is 35.5. The van der Waals surface area contributed by atoms with Gasteiger partial charge in [-0.05, 0) is 81.3 Å². The van der Waals surface area contributed by atoms with Crippen LogP contribution in [0.25, 0.3) is 22.4 Å². The Morgan fingerprint density at radius 2 is 1.76 bits per heavy atom. The van der Waals surface area contributed by atoms with E-state index >= 15 is 0 Å². The van der Waals surface area contributed by atoms with Crippen molar-refractivity contribution in [1.29, 1.82) is 0 Å². The molecule has 200 valence electrons. The summed E-state index contributed by atoms with van der Waals surface area (Å²) in [5.41, 5.74) is 3.57. The molecule has 0 fully saturated rings. The van der Waals surface area contributed by atoms with Gasteiger partial charge in [-0.1, -0.05) is 23.7 Å². The highest BCUT2D eigenvalue weighted by Crippen LogP contribution is 2.35. The molecule has 0 amide bonds. The van der Waals surface area contributed by atoms with Crippen molar-refractivity contribution >= 4 is 27.4 Å². The second kappa shape index (κ2) is 11.6. The van der Waals surface area contributed by atoms with Crippen LogP contribution < -0.4 is 14.8 Å². The van der Waals surface area contributed by atoms with Gasteiger partial charge in [-0.2, -0.15) is 5.10 Å². The Labute approximate surface area is 229 Å². The van der Waals surface area contributed by atoms with Gasteiger partial charge in [-0.15, -0.1) is 0 Å². The Kier molecular flexibility index (Phi) is 8.40. The molecular formula is C28H32ClN5O3S. The van der Waals surface area contributed by atoms with Gasteiger partial charge < -0.3 is 10.1 Å². The minimum atomic E-state index is -3.58. The molecule has 4 rings (SSSR count). The van der Waals surface area contributed by atoms with Crippen LogP contribution in [0.5, 0.6) is 5.75 Å². The van der Waals surface area contributed by atoms with Crippen LogP contribution in [0.15, 0.2) is 78.0 Å². The predicted octanol–water partition coefficient (Wildman–Crippen LogP) is 5.81. The topological polar surface area (TPSA) is 98.1 Å². The summed E-state index contributed by atoms with van der Waals surface area (Å²) >= 11 is 5.85. The molecule has 2 aromatic carbocycles. The molecule has 8 nitrogen and oxygen atoms in total. The molecule has 0 spiro atoms. The number of pyridine rings is 1. The standard InChI is InChI=1S/C28H32ClN5O3S/c1-28(2,3)34-19-25(27(33-34)21-7-5-8-23(17-21)37-4)20-13-16-31-26(18-20)30-14-6-15-32-38(35,36)24-11-9-22(29)10-12-24/h5,7-13,16-19,32H,6,14-15H2,1-4H3,(H,30,31). The summed E-state index contributed by atoms with van der Waals surface area (Å²) in [5.74, 6) is 1.46. The van der Waals surface area contributed by atoms with Crippen LogP contribution in [0.1, 0.15) is 27.2 Å². The fourth-order valence-electron chi connectivity index (χ4n) is 3.82. The van der Waals surface area contributed by atoms with Gasteiger partial charge in [0.1, 0.15) is 17.3 Å². The summed E-state index contributed by atoms with van der Waals surface area (Å²) < 4.78 is 34.9. The minimum Gasteiger partial charge on any atom is -0.497 e. The van der Waals surface area contributed by atoms with E-state index in [1.165, 1.54) is 12.1 Å². The molecule has 4 aromatic rings. The Hall–Kier alpha value is -3.40. The maximum Gasteiger partial charge on any atom is 0.240 e. The fraction of sp³-hybridized carbons (Fsp3) is 0.286. The van der Waals surface area contributed by atoms with Gasteiger partial charge in [0, 0.05) is 41.6 Å². The van der Waals surface area contributed by atoms with Crippen LogP contribution in [-0.2, 0) is 15.6 Å². The van der Waals surface area contributed by atoms with Crippen molar-refractivity contribution in [2.45, 2.75) is 37.6 Å². The number of halogens is 1. The SMILES string of the molecule is COc1cccc(-c2nn(C(C)(C)C)cc2-c2ccnc(NCCCNS(=O)(=O)c3ccc(Cl)cc3)c2)c1. The first-order valence-corrected chi connectivity index (χ1v) is 14.1. The lowest BCUT2D eigenvalue weighted by molar-refractivity contribution is 0.356. The van der Waals surface area contributed by atoms with Crippen molar-refractivity contribution in [2.75, 3.05) is 25.5 Å². The van der Waals surface area contributed by atoms with Gasteiger partial charge in [-0.3, -0.25) is 4.68 Å². The van der Waals surface area contributed by atoms with Crippen molar-refractivity contribution in [1.82, 2.24) is 19.5 Å². The zero-order valence-corrected chi connectivity index (χ0v) is 23.5. The van der Waals surface area contributed by atoms with E-state index in [0.717, 1.165) is 28.1 Å². The average molecular weight is 554 g/mol. The monoisotopic (exact) mass is 553 g/mol. The number of nitrogens with zero attached hydrogens (tertiary/aromatic N) is 3. The summed E-state index contributed by atoms with van der Waals surface area (Å²) in [7, 11) is -1.93. The number of nitrogens with one attached hydrogen (secondary N) is 2. The van der Waals surface area contributed by atoms with Crippen LogP contribution in [0, 0.1) is 0 Å². The molecule has 38 heavy (non-hydrogen) atoms. The van der Waals surface area contributed by atoms with Gasteiger partial charge in [-0.25, -0.2) is 18.1 Å². The van der Waals surface area contributed by atoms with E-state index in [1.807, 2.05) is 41.1 Å². The molecule has 0 saturated carbocycles. The first-order valence-electron chi connectivity index (χ1n) is 12.3. The Balaban J connectivity index is 1.46. The number of sulfonamides is 1. The zero-order valence-electron chi connectivity index (χ0n) is 21.9. The molecule has 0 saturated heterocycles. The van der Waals surface area contributed by atoms with Gasteiger partial charge in [0.05, 0.1) is 17.5 Å². The van der Waals surface area contributed by atoms with Crippen LogP contribution in [0.3, 0.4) is 0 Å². The normalized spacial score (nSPS) is 11.9. The molecule has 0 unspecified atom stereocenters. The first kappa shape index (κ1) is 27.6. The fourth-order valence-corrected chi connectivity index (χ4v) is 5.02. The molecule has 10 heteroatoms. The Morgan fingerprint density at radius 1 is 1.00 bits per heavy atom. The summed E-state index contributed by atoms with van der Waals surface area (Å²) in [5, 5.41) is 8.70. The van der Waals surface area contributed by atoms with Crippen molar-refractivity contribution in [3.63, 3.8) is 0 Å². The van der Waals surface area contributed by atoms with Crippen molar-refractivity contribution in [3.8, 4) is 28.1 Å². The highest BCUT2D eigenvalue weighted by Gasteiger charge is 2.21. The van der Waals surface area contributed by atoms with Crippen molar-refractivity contribution in [2.24, 2.45) is 0 Å². The maximum absolute atomic E-state index is 12.4. The molecule has 0 aliphatic carbocycles. The third kappa shape index (κ3) is 6.72. The van der Waals surface area contributed by atoms with E-state index in [0.29, 0.717) is 23.8 Å². The van der Waals surface area contributed by atoms with Crippen molar-refractivity contribution < 1.29 is 13.2 Å². The lowest BCUT2D eigenvalue weighted by atomic mass is 10.0. The lowest BCUT2D eigenvalue weighted by Gasteiger charge is -2.18. The molecule has 2 aromatic heterocycles. The van der Waals surface area contributed by atoms with Crippen LogP contribution in [0.4, 0.5) is 5.82 Å². The third-order valence-corrected chi connectivity index (χ3v) is 7.62. The van der Waals surface area contributed by atoms with Crippen LogP contribution in [0.2, 0.25) is 5.02 Å². The van der Waals surface area contributed by atoms with Crippen molar-refractivity contribution in [3.05, 3.63) is 78.1 Å². The number of hydrogen-bond acceptors (Lipinski definition) is 6. The lowest BCUT2D eigenvalue weighted by Crippen LogP contribution is -2.26. The molecule has 0 aliphatic heterocycles. The number of ether oxygens (including phenoxy) is 1. The Bertz CT molecular complexity index is 1500. The number of hydrogen-bond donors (Lipinski definition) is 2. The second-order valence-electron chi connectivity index (χ2n) is 9.80. The number of benzene rings is 2. The molecule has 0 radical (unpaired) electrons. The van der Waals surface area contributed by atoms with Crippen LogP contribution >= 0.6 is 11.6 Å². The predicted molar refractivity (Wildman–Crippen MR) is 152 cm³/mol. The first-order chi connectivity index (χ1) is 18.1. The van der Waals surface area contributed by atoms with E-state index in [4.69, 9.17) is 21.4 Å². The van der Waals surface area contributed by atoms with E-state index in [9.17, 15) is 8.42 Å². The summed E-state index contributed by atoms with van der Waals surface area (Å²) in [6.45, 7) is 7.17. The molecular weight excluding hydrogens is 522 g/mol. The van der Waals surface area contributed by atoms with Gasteiger partial charge in [0.25, 0.3) is 0 Å². The smallest absolute Gasteiger partial charge is 0.240 e. The van der Waals surface area contributed by atoms with Gasteiger partial charge in [0.15, 0.2) is 0 Å². The third-order valence-electron chi connectivity index (χ3n) is 5.89. The van der Waals surface area contributed by atoms with Crippen LogP contribution in [-0.4, -0.2) is 43.4 Å². The summed E-state index contributed by atoms with van der Waals surface area (Å²) in [6.07, 6.45) is 4.39. The zero-order chi connectivity index (χ0) is 27.3. The summed E-state index contributed by atoms with van der Waals surface area (Å²) in [6, 6.07) is 17.9. The maximum atomic E-state index is 12.4. The van der Waals surface area contributed by atoms with E-state index in [-0.39, 0.29) is 17.0 Å². The van der Waals surface area contributed by atoms with E-state index in [2.05, 4.69) is 42.0 Å². The molecule has 0 aliphatic rings.